The zero-order valence-electron chi connectivity index (χ0n) is 11.9. The third kappa shape index (κ3) is 4.74. The Morgan fingerprint density at radius 2 is 2.20 bits per heavy atom. The fourth-order valence-electron chi connectivity index (χ4n) is 2.35. The van der Waals surface area contributed by atoms with E-state index in [0.29, 0.717) is 19.2 Å². The van der Waals surface area contributed by atoms with E-state index in [1.807, 2.05) is 6.07 Å². The number of rotatable bonds is 5. The molecule has 110 valence electrons. The van der Waals surface area contributed by atoms with Crippen molar-refractivity contribution >= 4 is 11.6 Å². The zero-order valence-corrected chi connectivity index (χ0v) is 11.9. The van der Waals surface area contributed by atoms with Gasteiger partial charge in [-0.1, -0.05) is 18.9 Å². The number of guanidine groups is 1. The fourth-order valence-corrected chi connectivity index (χ4v) is 2.35. The Morgan fingerprint density at radius 1 is 1.40 bits per heavy atom. The molecule has 1 saturated carbocycles. The van der Waals surface area contributed by atoms with E-state index in [2.05, 4.69) is 15.6 Å². The van der Waals surface area contributed by atoms with Crippen LogP contribution in [0.25, 0.3) is 0 Å². The molecule has 1 aliphatic carbocycles. The van der Waals surface area contributed by atoms with E-state index in [-0.39, 0.29) is 5.75 Å². The van der Waals surface area contributed by atoms with Gasteiger partial charge in [-0.05, 0) is 25.0 Å². The summed E-state index contributed by atoms with van der Waals surface area (Å²) in [6.07, 6.45) is 4.92. The summed E-state index contributed by atoms with van der Waals surface area (Å²) < 4.78 is 5.03. The smallest absolute Gasteiger partial charge is 0.196 e. The first-order valence-corrected chi connectivity index (χ1v) is 7.14. The largest absolute Gasteiger partial charge is 0.508 e. The molecule has 5 nitrogen and oxygen atoms in total. The van der Waals surface area contributed by atoms with Gasteiger partial charge in [-0.3, -0.25) is 4.99 Å². The molecule has 0 aliphatic heterocycles. The molecule has 1 aromatic carbocycles. The van der Waals surface area contributed by atoms with Crippen LogP contribution < -0.4 is 10.6 Å². The predicted molar refractivity (Wildman–Crippen MR) is 81.3 cm³/mol. The highest BCUT2D eigenvalue weighted by atomic mass is 16.5. The van der Waals surface area contributed by atoms with Crippen molar-refractivity contribution in [3.63, 3.8) is 0 Å². The van der Waals surface area contributed by atoms with Crippen LogP contribution in [0.1, 0.15) is 25.7 Å². The summed E-state index contributed by atoms with van der Waals surface area (Å²) in [4.78, 5) is 4.49. The number of aliphatic imine (C=N–C) groups is 1. The van der Waals surface area contributed by atoms with Crippen LogP contribution in [0.4, 0.5) is 5.69 Å². The molecule has 0 spiro atoms. The van der Waals surface area contributed by atoms with E-state index < -0.39 is 0 Å². The van der Waals surface area contributed by atoms with E-state index in [0.717, 1.165) is 11.6 Å². The number of phenolic OH excluding ortho intramolecular Hbond substituents is 1. The molecule has 5 heteroatoms. The number of nitrogens with zero attached hydrogens (tertiary/aromatic N) is 1. The van der Waals surface area contributed by atoms with Crippen molar-refractivity contribution < 1.29 is 9.84 Å². The lowest BCUT2D eigenvalue weighted by Crippen LogP contribution is -2.38. The molecule has 1 fully saturated rings. The average Bonchev–Trinajstić information content (AvgIpc) is 2.92. The first kappa shape index (κ1) is 14.7. The van der Waals surface area contributed by atoms with Crippen LogP contribution >= 0.6 is 0 Å². The summed E-state index contributed by atoms with van der Waals surface area (Å²) >= 11 is 0. The quantitative estimate of drug-likeness (QED) is 0.439. The Bertz CT molecular complexity index is 442. The molecule has 1 aliphatic rings. The highest BCUT2D eigenvalue weighted by Gasteiger charge is 2.16. The van der Waals surface area contributed by atoms with Crippen LogP contribution in [0, 0.1) is 0 Å². The highest BCUT2D eigenvalue weighted by molar-refractivity contribution is 5.94. The summed E-state index contributed by atoms with van der Waals surface area (Å²) in [7, 11) is 1.67. The molecule has 0 unspecified atom stereocenters. The first-order valence-electron chi connectivity index (χ1n) is 7.14. The second kappa shape index (κ2) is 7.75. The van der Waals surface area contributed by atoms with Crippen molar-refractivity contribution in [3.8, 4) is 5.75 Å². The van der Waals surface area contributed by atoms with Crippen molar-refractivity contribution in [2.45, 2.75) is 31.7 Å². The van der Waals surface area contributed by atoms with Crippen molar-refractivity contribution in [1.82, 2.24) is 5.32 Å². The van der Waals surface area contributed by atoms with Gasteiger partial charge in [-0.25, -0.2) is 0 Å². The van der Waals surface area contributed by atoms with Crippen LogP contribution in [0.3, 0.4) is 0 Å². The maximum absolute atomic E-state index is 9.50. The van der Waals surface area contributed by atoms with Gasteiger partial charge in [-0.15, -0.1) is 0 Å². The fraction of sp³-hybridized carbons (Fsp3) is 0.533. The van der Waals surface area contributed by atoms with E-state index in [1.165, 1.54) is 25.7 Å². The van der Waals surface area contributed by atoms with Crippen molar-refractivity contribution in [2.24, 2.45) is 4.99 Å². The summed E-state index contributed by atoms with van der Waals surface area (Å²) in [5.74, 6) is 0.992. The molecule has 0 radical (unpaired) electrons. The molecule has 20 heavy (non-hydrogen) atoms. The van der Waals surface area contributed by atoms with E-state index in [1.54, 1.807) is 25.3 Å². The standard InChI is InChI=1S/C15H23N3O2/c1-20-10-9-16-15(17-12-5-2-3-6-12)18-13-7-4-8-14(19)11-13/h4,7-8,11-12,19H,2-3,5-6,9-10H2,1H3,(H2,16,17,18). The Labute approximate surface area is 120 Å². The van der Waals surface area contributed by atoms with Crippen molar-refractivity contribution in [2.75, 3.05) is 25.6 Å². The lowest BCUT2D eigenvalue weighted by Gasteiger charge is -2.17. The lowest BCUT2D eigenvalue weighted by molar-refractivity contribution is 0.208. The normalized spacial score (nSPS) is 16.4. The minimum atomic E-state index is 0.243. The molecule has 0 aromatic heterocycles. The minimum Gasteiger partial charge on any atom is -0.508 e. The second-order valence-corrected chi connectivity index (χ2v) is 5.02. The van der Waals surface area contributed by atoms with Gasteiger partial charge in [0.15, 0.2) is 5.96 Å². The number of anilines is 1. The van der Waals surface area contributed by atoms with E-state index >= 15 is 0 Å². The number of phenols is 1. The van der Waals surface area contributed by atoms with Crippen LogP contribution in [-0.2, 0) is 4.74 Å². The van der Waals surface area contributed by atoms with Crippen LogP contribution in [0.2, 0.25) is 0 Å². The monoisotopic (exact) mass is 277 g/mol. The molecule has 0 bridgehead atoms. The van der Waals surface area contributed by atoms with E-state index in [9.17, 15) is 5.11 Å². The number of ether oxygens (including phenoxy) is 1. The Morgan fingerprint density at radius 3 is 2.90 bits per heavy atom. The molecule has 2 rings (SSSR count). The van der Waals surface area contributed by atoms with Gasteiger partial charge >= 0.3 is 0 Å². The first-order chi connectivity index (χ1) is 9.78. The number of benzene rings is 1. The Kier molecular flexibility index (Phi) is 5.68. The molecule has 0 atom stereocenters. The summed E-state index contributed by atoms with van der Waals surface area (Å²) in [6.45, 7) is 1.20. The van der Waals surface area contributed by atoms with Crippen molar-refractivity contribution in [1.29, 1.82) is 0 Å². The van der Waals surface area contributed by atoms with Gasteiger partial charge in [0.25, 0.3) is 0 Å². The van der Waals surface area contributed by atoms with Gasteiger partial charge in [0.2, 0.25) is 0 Å². The molecule has 0 heterocycles. The molecule has 1 aromatic rings. The SMILES string of the molecule is COCCN=C(Nc1cccc(O)c1)NC1CCCC1. The molecule has 0 saturated heterocycles. The van der Waals surface area contributed by atoms with E-state index in [4.69, 9.17) is 4.74 Å². The highest BCUT2D eigenvalue weighted by Crippen LogP contribution is 2.18. The average molecular weight is 277 g/mol. The number of aromatic hydroxyl groups is 1. The Balaban J connectivity index is 1.99. The summed E-state index contributed by atoms with van der Waals surface area (Å²) in [5, 5.41) is 16.2. The summed E-state index contributed by atoms with van der Waals surface area (Å²) in [6, 6.07) is 7.53. The maximum atomic E-state index is 9.50. The second-order valence-electron chi connectivity index (χ2n) is 5.02. The van der Waals surface area contributed by atoms with Gasteiger partial charge in [-0.2, -0.15) is 0 Å². The topological polar surface area (TPSA) is 65.9 Å². The molecule has 3 N–H and O–H groups in total. The third-order valence-corrected chi connectivity index (χ3v) is 3.37. The minimum absolute atomic E-state index is 0.243. The van der Waals surface area contributed by atoms with Gasteiger partial charge < -0.3 is 20.5 Å². The zero-order chi connectivity index (χ0) is 14.2. The molecular weight excluding hydrogens is 254 g/mol. The van der Waals surface area contributed by atoms with Crippen LogP contribution in [0.15, 0.2) is 29.3 Å². The van der Waals surface area contributed by atoms with Crippen molar-refractivity contribution in [3.05, 3.63) is 24.3 Å². The molecule has 0 amide bonds. The lowest BCUT2D eigenvalue weighted by atomic mass is 10.2. The number of hydrogen-bond acceptors (Lipinski definition) is 3. The van der Waals surface area contributed by atoms with Crippen LogP contribution in [0.5, 0.6) is 5.75 Å². The maximum Gasteiger partial charge on any atom is 0.196 e. The summed E-state index contributed by atoms with van der Waals surface area (Å²) in [5.41, 5.74) is 0.826. The predicted octanol–water partition coefficient (Wildman–Crippen LogP) is 2.34. The van der Waals surface area contributed by atoms with Gasteiger partial charge in [0.1, 0.15) is 5.75 Å². The molecular formula is C15H23N3O2. The van der Waals surface area contributed by atoms with Crippen LogP contribution in [-0.4, -0.2) is 37.4 Å². The third-order valence-electron chi connectivity index (χ3n) is 3.37. The van der Waals surface area contributed by atoms with Gasteiger partial charge in [0, 0.05) is 24.9 Å². The number of methoxy groups -OCH3 is 1. The Hall–Kier alpha value is -1.75. The number of hydrogen-bond donors (Lipinski definition) is 3. The number of nitrogens with one attached hydrogen (secondary N) is 2. The van der Waals surface area contributed by atoms with Gasteiger partial charge in [0.05, 0.1) is 13.2 Å².